The summed E-state index contributed by atoms with van der Waals surface area (Å²) < 4.78 is 0. The van der Waals surface area contributed by atoms with Crippen molar-refractivity contribution in [3.63, 3.8) is 0 Å². The highest BCUT2D eigenvalue weighted by molar-refractivity contribution is 5.15. The molecule has 0 heterocycles. The quantitative estimate of drug-likeness (QED) is 0.425. The van der Waals surface area contributed by atoms with Gasteiger partial charge in [-0.3, -0.25) is 0 Å². The van der Waals surface area contributed by atoms with E-state index in [4.69, 9.17) is 5.26 Å². The van der Waals surface area contributed by atoms with E-state index >= 15 is 0 Å². The number of nitriles is 1. The summed E-state index contributed by atoms with van der Waals surface area (Å²) in [6.45, 7) is 3.62. The van der Waals surface area contributed by atoms with Gasteiger partial charge in [-0.05, 0) is 13.8 Å². The minimum absolute atomic E-state index is 0. The molecule has 1 nitrogen and oxygen atoms in total. The van der Waals surface area contributed by atoms with Gasteiger partial charge in [0.15, 0.2) is 0 Å². The van der Waals surface area contributed by atoms with Gasteiger partial charge in [0.1, 0.15) is 0 Å². The van der Waals surface area contributed by atoms with Gasteiger partial charge in [-0.25, -0.2) is 0 Å². The predicted molar refractivity (Wildman–Crippen MR) is 31.8 cm³/mol. The lowest BCUT2D eigenvalue weighted by Crippen LogP contribution is -1.58. The molecule has 0 bridgehead atoms. The number of nitrogens with zero attached hydrogens (tertiary/aromatic N) is 1. The maximum absolute atomic E-state index is 8.02. The summed E-state index contributed by atoms with van der Waals surface area (Å²) in [6, 6.07) is 1.98. The van der Waals surface area contributed by atoms with Crippen molar-refractivity contribution in [1.29, 1.82) is 5.26 Å². The molecule has 0 atom stereocenters. The summed E-state index contributed by atoms with van der Waals surface area (Å²) in [6.07, 6.45) is 1.78. The van der Waals surface area contributed by atoms with Crippen molar-refractivity contribution in [2.24, 2.45) is 0 Å². The molecule has 1 heteroatoms. The molecule has 0 radical (unpaired) electrons. The van der Waals surface area contributed by atoms with E-state index in [1.807, 2.05) is 13.0 Å². The van der Waals surface area contributed by atoms with E-state index in [2.05, 4.69) is 0 Å². The molecule has 0 aromatic heterocycles. The zero-order chi connectivity index (χ0) is 4.99. The lowest BCUT2D eigenvalue weighted by Gasteiger charge is -1.70. The van der Waals surface area contributed by atoms with Crippen LogP contribution in [0.2, 0.25) is 0 Å². The third-order valence-electron chi connectivity index (χ3n) is 0.609. The molecule has 0 unspecified atom stereocenters. The molecule has 0 amide bonds. The van der Waals surface area contributed by atoms with E-state index in [0.29, 0.717) is 0 Å². The van der Waals surface area contributed by atoms with Crippen molar-refractivity contribution in [3.8, 4) is 6.07 Å². The van der Waals surface area contributed by atoms with Crippen LogP contribution in [0.4, 0.5) is 0 Å². The summed E-state index contributed by atoms with van der Waals surface area (Å²) in [7, 11) is 0. The van der Waals surface area contributed by atoms with Crippen molar-refractivity contribution in [3.05, 3.63) is 11.6 Å². The molecule has 0 spiro atoms. The van der Waals surface area contributed by atoms with E-state index in [1.54, 1.807) is 13.0 Å². The Bertz CT molecular complexity index is 95.2. The number of allylic oxidation sites excluding steroid dienone is 2. The van der Waals surface area contributed by atoms with Crippen molar-refractivity contribution in [2.45, 2.75) is 21.3 Å². The summed E-state index contributed by atoms with van der Waals surface area (Å²) in [5, 5.41) is 8.02. The van der Waals surface area contributed by atoms with Crippen LogP contribution in [0.5, 0.6) is 0 Å². The van der Waals surface area contributed by atoms with E-state index in [9.17, 15) is 0 Å². The highest BCUT2D eigenvalue weighted by Gasteiger charge is 1.71. The molecule has 0 N–H and O–H groups in total. The molecule has 0 aliphatic rings. The summed E-state index contributed by atoms with van der Waals surface area (Å²) in [4.78, 5) is 0. The Morgan fingerprint density at radius 2 is 2.14 bits per heavy atom. The first kappa shape index (κ1) is 9.52. The largest absolute Gasteiger partial charge is 0.193 e. The van der Waals surface area contributed by atoms with Crippen LogP contribution in [0.3, 0.4) is 0 Å². The lowest BCUT2D eigenvalue weighted by molar-refractivity contribution is 1.42. The fraction of sp³-hybridized carbons (Fsp3) is 0.500. The minimum atomic E-state index is 0. The minimum Gasteiger partial charge on any atom is -0.193 e. The van der Waals surface area contributed by atoms with Crippen molar-refractivity contribution in [2.75, 3.05) is 0 Å². The van der Waals surface area contributed by atoms with E-state index in [-0.39, 0.29) is 7.43 Å². The average molecular weight is 97.2 g/mol. The van der Waals surface area contributed by atoms with Crippen LogP contribution in [-0.4, -0.2) is 0 Å². The van der Waals surface area contributed by atoms with Gasteiger partial charge in [-0.15, -0.1) is 0 Å². The second-order valence-electron chi connectivity index (χ2n) is 1.08. The Morgan fingerprint density at radius 1 is 1.71 bits per heavy atom. The van der Waals surface area contributed by atoms with Crippen LogP contribution in [-0.2, 0) is 0 Å². The van der Waals surface area contributed by atoms with Crippen LogP contribution >= 0.6 is 0 Å². The first-order valence-electron chi connectivity index (χ1n) is 1.84. The predicted octanol–water partition coefficient (Wildman–Crippen LogP) is 2.11. The number of hydrogen-bond acceptors (Lipinski definition) is 1. The first-order valence-corrected chi connectivity index (χ1v) is 1.84. The molecular weight excluding hydrogens is 86.1 g/mol. The second-order valence-corrected chi connectivity index (χ2v) is 1.08. The van der Waals surface area contributed by atoms with E-state index in [0.717, 1.165) is 5.57 Å². The van der Waals surface area contributed by atoms with E-state index < -0.39 is 0 Å². The van der Waals surface area contributed by atoms with E-state index in [1.165, 1.54) is 0 Å². The van der Waals surface area contributed by atoms with Crippen molar-refractivity contribution in [1.82, 2.24) is 0 Å². The Kier molecular flexibility index (Phi) is 7.12. The Balaban J connectivity index is 0. The summed E-state index contributed by atoms with van der Waals surface area (Å²) in [5.74, 6) is 0. The highest BCUT2D eigenvalue weighted by atomic mass is 14.2. The fourth-order valence-electron chi connectivity index (χ4n) is 0.0645. The number of rotatable bonds is 0. The average Bonchev–Trinajstić information content (AvgIpc) is 1.65. The second kappa shape index (κ2) is 5.23. The fourth-order valence-corrected chi connectivity index (χ4v) is 0.0645. The molecular formula is C6H11N. The summed E-state index contributed by atoms with van der Waals surface area (Å²) >= 11 is 0. The molecule has 0 fully saturated rings. The van der Waals surface area contributed by atoms with Gasteiger partial charge in [0.05, 0.1) is 6.07 Å². The van der Waals surface area contributed by atoms with Gasteiger partial charge in [0.25, 0.3) is 0 Å². The van der Waals surface area contributed by atoms with Gasteiger partial charge in [0, 0.05) is 5.57 Å². The van der Waals surface area contributed by atoms with Gasteiger partial charge in [-0.1, -0.05) is 13.5 Å². The van der Waals surface area contributed by atoms with Gasteiger partial charge >= 0.3 is 0 Å². The summed E-state index contributed by atoms with van der Waals surface area (Å²) in [5.41, 5.74) is 0.773. The smallest absolute Gasteiger partial charge is 0.0940 e. The molecule has 40 valence electrons. The zero-order valence-corrected chi connectivity index (χ0v) is 4.02. The zero-order valence-electron chi connectivity index (χ0n) is 4.02. The highest BCUT2D eigenvalue weighted by Crippen LogP contribution is 1.83. The number of hydrogen-bond donors (Lipinski definition) is 0. The topological polar surface area (TPSA) is 23.8 Å². The van der Waals surface area contributed by atoms with Crippen LogP contribution in [0.25, 0.3) is 0 Å². The third kappa shape index (κ3) is 5.23. The van der Waals surface area contributed by atoms with Crippen LogP contribution < -0.4 is 0 Å². The maximum Gasteiger partial charge on any atom is 0.0940 e. The molecule has 0 saturated carbocycles. The molecule has 0 aromatic rings. The molecule has 0 aromatic carbocycles. The SMILES string of the molecule is C.CC=C(C)C#N. The first-order chi connectivity index (χ1) is 2.81. The Hall–Kier alpha value is -0.770. The molecule has 0 aliphatic carbocycles. The van der Waals surface area contributed by atoms with Crippen LogP contribution in [0.1, 0.15) is 21.3 Å². The molecule has 0 saturated heterocycles. The normalized spacial score (nSPS) is 9.00. The molecule has 0 aliphatic heterocycles. The third-order valence-corrected chi connectivity index (χ3v) is 0.609. The van der Waals surface area contributed by atoms with Gasteiger partial charge in [-0.2, -0.15) is 5.26 Å². The van der Waals surface area contributed by atoms with Crippen LogP contribution in [0.15, 0.2) is 11.6 Å². The van der Waals surface area contributed by atoms with Crippen molar-refractivity contribution < 1.29 is 0 Å². The molecule has 0 rings (SSSR count). The Labute approximate surface area is 45.3 Å². The Morgan fingerprint density at radius 3 is 2.14 bits per heavy atom. The van der Waals surface area contributed by atoms with Crippen LogP contribution in [0, 0.1) is 11.3 Å². The maximum atomic E-state index is 8.02. The van der Waals surface area contributed by atoms with Gasteiger partial charge in [0.2, 0.25) is 0 Å². The lowest BCUT2D eigenvalue weighted by atomic mass is 10.3. The molecule has 7 heavy (non-hydrogen) atoms. The standard InChI is InChI=1S/C5H7N.CH4/c1-3-5(2)4-6;/h3H,1-2H3;1H4. The van der Waals surface area contributed by atoms with Crippen molar-refractivity contribution >= 4 is 0 Å². The monoisotopic (exact) mass is 97.1 g/mol. The van der Waals surface area contributed by atoms with Gasteiger partial charge < -0.3 is 0 Å².